The van der Waals surface area contributed by atoms with Gasteiger partial charge in [0.2, 0.25) is 5.91 Å². The zero-order valence-electron chi connectivity index (χ0n) is 11.0. The minimum Gasteiger partial charge on any atom is -0.447 e. The number of aromatic nitrogens is 1. The number of amides is 2. The Morgan fingerprint density at radius 3 is 2.71 bits per heavy atom. The topological polar surface area (TPSA) is 120 Å². The number of nitrogens with zero attached hydrogens (tertiary/aromatic N) is 1. The molecule has 2 aromatic rings. The summed E-state index contributed by atoms with van der Waals surface area (Å²) in [7, 11) is 0. The Balaban J connectivity index is 1.96. The summed E-state index contributed by atoms with van der Waals surface area (Å²) in [5.41, 5.74) is 12.1. The van der Waals surface area contributed by atoms with Gasteiger partial charge in [0.15, 0.2) is 5.13 Å². The number of rotatable bonds is 5. The van der Waals surface area contributed by atoms with Crippen molar-refractivity contribution >= 4 is 28.5 Å². The third kappa shape index (κ3) is 4.26. The van der Waals surface area contributed by atoms with Crippen LogP contribution in [-0.4, -0.2) is 29.6 Å². The molecule has 0 saturated heterocycles. The number of carbonyl (C=O) groups excluding carboxylic acids is 2. The van der Waals surface area contributed by atoms with E-state index in [4.69, 9.17) is 11.5 Å². The lowest BCUT2D eigenvalue weighted by Gasteiger charge is -2.09. The molecule has 0 aliphatic carbocycles. The first-order valence-corrected chi connectivity index (χ1v) is 6.94. The molecule has 2 amide bonds. The molecule has 5 N–H and O–H groups in total. The van der Waals surface area contributed by atoms with Gasteiger partial charge in [0.1, 0.15) is 12.6 Å². The molecule has 21 heavy (non-hydrogen) atoms. The maximum atomic E-state index is 11.8. The molecule has 0 aliphatic rings. The largest absolute Gasteiger partial charge is 0.447 e. The number of hydrogen-bond donors (Lipinski definition) is 3. The number of anilines is 1. The van der Waals surface area contributed by atoms with Crippen molar-refractivity contribution in [2.75, 3.05) is 11.9 Å². The van der Waals surface area contributed by atoms with E-state index in [-0.39, 0.29) is 6.61 Å². The molecule has 1 atom stereocenters. The van der Waals surface area contributed by atoms with Gasteiger partial charge in [-0.1, -0.05) is 30.3 Å². The zero-order valence-corrected chi connectivity index (χ0v) is 11.8. The number of nitrogens with one attached hydrogen (secondary N) is 1. The predicted octanol–water partition coefficient (Wildman–Crippen LogP) is 1.17. The first-order valence-electron chi connectivity index (χ1n) is 6.06. The summed E-state index contributed by atoms with van der Waals surface area (Å²) in [5, 5.41) is 4.82. The fourth-order valence-electron chi connectivity index (χ4n) is 1.52. The number of benzene rings is 1. The van der Waals surface area contributed by atoms with E-state index in [9.17, 15) is 9.59 Å². The summed E-state index contributed by atoms with van der Waals surface area (Å²) in [6, 6.07) is 8.58. The van der Waals surface area contributed by atoms with Gasteiger partial charge in [-0.3, -0.25) is 4.79 Å². The molecule has 1 aromatic carbocycles. The van der Waals surface area contributed by atoms with Crippen molar-refractivity contribution in [3.05, 3.63) is 35.7 Å². The van der Waals surface area contributed by atoms with Crippen molar-refractivity contribution in [2.24, 2.45) is 11.5 Å². The van der Waals surface area contributed by atoms with Crippen LogP contribution in [0.1, 0.15) is 0 Å². The predicted molar refractivity (Wildman–Crippen MR) is 79.7 cm³/mol. The molecule has 110 valence electrons. The summed E-state index contributed by atoms with van der Waals surface area (Å²) >= 11 is 1.28. The van der Waals surface area contributed by atoms with E-state index in [1.807, 2.05) is 35.7 Å². The molecule has 1 aromatic heterocycles. The Kier molecular flexibility index (Phi) is 4.85. The summed E-state index contributed by atoms with van der Waals surface area (Å²) in [5.74, 6) is -0.495. The van der Waals surface area contributed by atoms with E-state index >= 15 is 0 Å². The number of primary amides is 1. The molecular weight excluding hydrogens is 292 g/mol. The van der Waals surface area contributed by atoms with Crippen LogP contribution in [0.15, 0.2) is 35.7 Å². The molecule has 1 heterocycles. The lowest BCUT2D eigenvalue weighted by Crippen LogP contribution is -2.40. The average molecular weight is 306 g/mol. The quantitative estimate of drug-likeness (QED) is 0.765. The minimum atomic E-state index is -0.999. The highest BCUT2D eigenvalue weighted by Gasteiger charge is 2.16. The molecule has 8 heteroatoms. The molecular formula is C13H14N4O3S. The fourth-order valence-corrected chi connectivity index (χ4v) is 2.24. The number of nitrogens with two attached hydrogens (primary N) is 2. The molecule has 7 nitrogen and oxygen atoms in total. The molecule has 0 aliphatic heterocycles. The van der Waals surface area contributed by atoms with Crippen molar-refractivity contribution in [1.82, 2.24) is 4.98 Å². The van der Waals surface area contributed by atoms with Gasteiger partial charge < -0.3 is 21.5 Å². The zero-order chi connectivity index (χ0) is 15.2. The van der Waals surface area contributed by atoms with Crippen LogP contribution in [-0.2, 0) is 9.53 Å². The maximum absolute atomic E-state index is 11.8. The van der Waals surface area contributed by atoms with Gasteiger partial charge in [-0.05, 0) is 0 Å². The molecule has 0 radical (unpaired) electrons. The smallest absolute Gasteiger partial charge is 0.404 e. The van der Waals surface area contributed by atoms with Gasteiger partial charge >= 0.3 is 6.09 Å². The maximum Gasteiger partial charge on any atom is 0.404 e. The second kappa shape index (κ2) is 6.82. The Morgan fingerprint density at radius 1 is 1.33 bits per heavy atom. The van der Waals surface area contributed by atoms with Gasteiger partial charge in [-0.25, -0.2) is 9.78 Å². The normalized spacial score (nSPS) is 11.7. The van der Waals surface area contributed by atoms with Crippen molar-refractivity contribution in [2.45, 2.75) is 6.04 Å². The molecule has 0 unspecified atom stereocenters. The highest BCUT2D eigenvalue weighted by molar-refractivity contribution is 7.14. The SMILES string of the molecule is NC(=O)OC[C@H](N)C(=O)Nc1nc(-c2ccccc2)cs1. The molecule has 0 spiro atoms. The Bertz CT molecular complexity index is 629. The van der Waals surface area contributed by atoms with Crippen LogP contribution in [0.25, 0.3) is 11.3 Å². The second-order valence-electron chi connectivity index (χ2n) is 4.13. The standard InChI is InChI=1S/C13H14N4O3S/c14-9(6-20-12(15)19)11(18)17-13-16-10(7-21-13)8-4-2-1-3-5-8/h1-5,7,9H,6,14H2,(H2,15,19)(H,16,17,18)/t9-/m0/s1. The van der Waals surface area contributed by atoms with Crippen LogP contribution in [0, 0.1) is 0 Å². The van der Waals surface area contributed by atoms with Crippen molar-refractivity contribution in [1.29, 1.82) is 0 Å². The van der Waals surface area contributed by atoms with Gasteiger partial charge in [0.05, 0.1) is 5.69 Å². The third-order valence-electron chi connectivity index (χ3n) is 2.55. The van der Waals surface area contributed by atoms with Gasteiger partial charge in [0.25, 0.3) is 0 Å². The van der Waals surface area contributed by atoms with Crippen LogP contribution in [0.2, 0.25) is 0 Å². The number of ether oxygens (including phenoxy) is 1. The Hall–Kier alpha value is -2.45. The van der Waals surface area contributed by atoms with Gasteiger partial charge in [0, 0.05) is 10.9 Å². The molecule has 0 bridgehead atoms. The Morgan fingerprint density at radius 2 is 2.05 bits per heavy atom. The third-order valence-corrected chi connectivity index (χ3v) is 3.30. The number of thiazole rings is 1. The van der Waals surface area contributed by atoms with Crippen LogP contribution < -0.4 is 16.8 Å². The summed E-state index contributed by atoms with van der Waals surface area (Å²) in [6.07, 6.45) is -0.973. The van der Waals surface area contributed by atoms with Gasteiger partial charge in [-0.15, -0.1) is 11.3 Å². The van der Waals surface area contributed by atoms with E-state index in [1.54, 1.807) is 0 Å². The van der Waals surface area contributed by atoms with Crippen molar-refractivity contribution < 1.29 is 14.3 Å². The highest BCUT2D eigenvalue weighted by Crippen LogP contribution is 2.24. The molecule has 0 saturated carbocycles. The fraction of sp³-hybridized carbons (Fsp3) is 0.154. The number of hydrogen-bond acceptors (Lipinski definition) is 6. The first-order chi connectivity index (χ1) is 10.1. The average Bonchev–Trinajstić information content (AvgIpc) is 2.94. The van der Waals surface area contributed by atoms with Crippen molar-refractivity contribution in [3.63, 3.8) is 0 Å². The van der Waals surface area contributed by atoms with E-state index in [1.165, 1.54) is 11.3 Å². The van der Waals surface area contributed by atoms with E-state index in [0.717, 1.165) is 11.3 Å². The van der Waals surface area contributed by atoms with Crippen LogP contribution >= 0.6 is 11.3 Å². The van der Waals surface area contributed by atoms with Gasteiger partial charge in [-0.2, -0.15) is 0 Å². The molecule has 0 fully saturated rings. The van der Waals surface area contributed by atoms with E-state index in [2.05, 4.69) is 15.0 Å². The number of carbonyl (C=O) groups is 2. The van der Waals surface area contributed by atoms with E-state index in [0.29, 0.717) is 5.13 Å². The van der Waals surface area contributed by atoms with Crippen LogP contribution in [0.5, 0.6) is 0 Å². The lowest BCUT2D eigenvalue weighted by molar-refractivity contribution is -0.118. The van der Waals surface area contributed by atoms with Crippen LogP contribution in [0.4, 0.5) is 9.93 Å². The first kappa shape index (κ1) is 14.9. The summed E-state index contributed by atoms with van der Waals surface area (Å²) in [4.78, 5) is 26.5. The monoisotopic (exact) mass is 306 g/mol. The summed E-state index contributed by atoms with van der Waals surface area (Å²) in [6.45, 7) is -0.280. The van der Waals surface area contributed by atoms with Crippen molar-refractivity contribution in [3.8, 4) is 11.3 Å². The molecule has 2 rings (SSSR count). The highest BCUT2D eigenvalue weighted by atomic mass is 32.1. The lowest BCUT2D eigenvalue weighted by atomic mass is 10.2. The minimum absolute atomic E-state index is 0.280. The summed E-state index contributed by atoms with van der Waals surface area (Å²) < 4.78 is 4.47. The Labute approximate surface area is 124 Å². The van der Waals surface area contributed by atoms with E-state index < -0.39 is 18.0 Å². The van der Waals surface area contributed by atoms with Crippen LogP contribution in [0.3, 0.4) is 0 Å². The second-order valence-corrected chi connectivity index (χ2v) is 4.99.